The van der Waals surface area contributed by atoms with Crippen LogP contribution >= 0.6 is 39.0 Å². The highest BCUT2D eigenvalue weighted by molar-refractivity contribution is 9.10. The Morgan fingerprint density at radius 1 is 1.28 bits per heavy atom. The molecular weight excluding hydrogens is 354 g/mol. The van der Waals surface area contributed by atoms with E-state index in [0.717, 1.165) is 19.1 Å². The van der Waals surface area contributed by atoms with Crippen LogP contribution in [0.4, 0.5) is 0 Å². The lowest BCUT2D eigenvalue weighted by Crippen LogP contribution is -2.09. The maximum Gasteiger partial charge on any atom is 0.247 e. The van der Waals surface area contributed by atoms with Crippen molar-refractivity contribution in [2.75, 3.05) is 0 Å². The van der Waals surface area contributed by atoms with E-state index in [0.29, 0.717) is 0 Å². The average Bonchev–Trinajstić information content (AvgIpc) is 2.72. The molecule has 0 aliphatic heterocycles. The topological polar surface area (TPSA) is 60.2 Å². The molecule has 18 heavy (non-hydrogen) atoms. The summed E-state index contributed by atoms with van der Waals surface area (Å²) in [6.07, 6.45) is 0. The molecule has 1 aromatic carbocycles. The third-order valence-corrected chi connectivity index (χ3v) is 6.72. The highest BCUT2D eigenvalue weighted by atomic mass is 79.9. The van der Waals surface area contributed by atoms with E-state index in [1.165, 1.54) is 29.2 Å². The Labute approximate surface area is 123 Å². The highest BCUT2D eigenvalue weighted by Crippen LogP contribution is 2.35. The minimum absolute atomic E-state index is 0.193. The second-order valence-corrected chi connectivity index (χ2v) is 8.73. The summed E-state index contributed by atoms with van der Waals surface area (Å²) in [5.74, 6) is 0. The van der Waals surface area contributed by atoms with E-state index in [1.807, 2.05) is 25.1 Å². The van der Waals surface area contributed by atoms with Gasteiger partial charge < -0.3 is 0 Å². The van der Waals surface area contributed by atoms with Crippen molar-refractivity contribution in [1.82, 2.24) is 0 Å². The average molecular weight is 364 g/mol. The number of hydrogen-bond donors (Lipinski definition) is 1. The van der Waals surface area contributed by atoms with Crippen LogP contribution in [0.3, 0.4) is 0 Å². The Morgan fingerprint density at radius 3 is 2.56 bits per heavy atom. The van der Waals surface area contributed by atoms with E-state index in [-0.39, 0.29) is 4.21 Å². The molecule has 0 fully saturated rings. The van der Waals surface area contributed by atoms with Crippen LogP contribution in [0.2, 0.25) is 0 Å². The Bertz CT molecular complexity index is 679. The molecule has 0 saturated heterocycles. The first-order chi connectivity index (χ1) is 8.36. The monoisotopic (exact) mass is 363 g/mol. The summed E-state index contributed by atoms with van der Waals surface area (Å²) in [6, 6.07) is 9.32. The molecule has 0 atom stereocenters. The van der Waals surface area contributed by atoms with Crippen LogP contribution in [-0.4, -0.2) is 8.42 Å². The van der Waals surface area contributed by atoms with Gasteiger partial charge in [0, 0.05) is 9.37 Å². The zero-order chi connectivity index (χ0) is 13.3. The molecule has 2 rings (SSSR count). The number of rotatable bonds is 3. The Morgan fingerprint density at radius 2 is 2.00 bits per heavy atom. The number of sulfonamides is 1. The first-order valence-corrected chi connectivity index (χ1v) is 8.90. The van der Waals surface area contributed by atoms with Gasteiger partial charge in [0.1, 0.15) is 4.21 Å². The van der Waals surface area contributed by atoms with Crippen molar-refractivity contribution in [3.8, 4) is 0 Å². The fourth-order valence-electron chi connectivity index (χ4n) is 1.31. The van der Waals surface area contributed by atoms with Crippen molar-refractivity contribution in [2.24, 2.45) is 5.14 Å². The molecule has 0 radical (unpaired) electrons. The molecule has 96 valence electrons. The van der Waals surface area contributed by atoms with Crippen LogP contribution in [0.5, 0.6) is 0 Å². The smallest absolute Gasteiger partial charge is 0.224 e. The Hall–Kier alpha value is -0.340. The van der Waals surface area contributed by atoms with Gasteiger partial charge in [-0.3, -0.25) is 0 Å². The molecule has 1 aromatic heterocycles. The normalized spacial score (nSPS) is 11.7. The van der Waals surface area contributed by atoms with E-state index in [4.69, 9.17) is 5.14 Å². The van der Waals surface area contributed by atoms with Crippen molar-refractivity contribution in [1.29, 1.82) is 0 Å². The van der Waals surface area contributed by atoms with Crippen molar-refractivity contribution in [2.45, 2.75) is 20.2 Å². The number of hydrogen-bond acceptors (Lipinski definition) is 4. The lowest BCUT2D eigenvalue weighted by molar-refractivity contribution is 0.600. The molecule has 1 heterocycles. The quantitative estimate of drug-likeness (QED) is 0.905. The second-order valence-electron chi connectivity index (χ2n) is 3.63. The minimum Gasteiger partial charge on any atom is -0.224 e. The van der Waals surface area contributed by atoms with Gasteiger partial charge in [-0.05, 0) is 42.8 Å². The summed E-state index contributed by atoms with van der Waals surface area (Å²) in [4.78, 5) is 1.07. The highest BCUT2D eigenvalue weighted by Gasteiger charge is 2.12. The van der Waals surface area contributed by atoms with Crippen molar-refractivity contribution >= 4 is 49.1 Å². The maximum atomic E-state index is 11.2. The van der Waals surface area contributed by atoms with Gasteiger partial charge in [-0.2, -0.15) is 0 Å². The summed E-state index contributed by atoms with van der Waals surface area (Å²) in [5.41, 5.74) is 1.14. The number of benzene rings is 1. The zero-order valence-corrected chi connectivity index (χ0v) is 13.4. The molecule has 0 unspecified atom stereocenters. The van der Waals surface area contributed by atoms with E-state index in [2.05, 4.69) is 15.9 Å². The van der Waals surface area contributed by atoms with Gasteiger partial charge in [0.25, 0.3) is 0 Å². The molecule has 0 saturated carbocycles. The largest absolute Gasteiger partial charge is 0.247 e. The number of halogens is 1. The molecule has 0 spiro atoms. The van der Waals surface area contributed by atoms with Gasteiger partial charge in [0.2, 0.25) is 10.0 Å². The number of primary sulfonamides is 1. The van der Waals surface area contributed by atoms with Crippen molar-refractivity contribution in [3.63, 3.8) is 0 Å². The summed E-state index contributed by atoms with van der Waals surface area (Å²) >= 11 is 6.15. The van der Waals surface area contributed by atoms with Crippen molar-refractivity contribution in [3.05, 3.63) is 40.4 Å². The number of thiophene rings is 1. The zero-order valence-electron chi connectivity index (χ0n) is 9.38. The van der Waals surface area contributed by atoms with Crippen LogP contribution in [-0.2, 0) is 10.0 Å². The number of aryl methyl sites for hydroxylation is 1. The summed E-state index contributed by atoms with van der Waals surface area (Å²) in [5, 5.41) is 5.07. The third kappa shape index (κ3) is 3.36. The van der Waals surface area contributed by atoms with Gasteiger partial charge in [0.05, 0.1) is 4.21 Å². The fraction of sp³-hybridized carbons (Fsp3) is 0.0909. The van der Waals surface area contributed by atoms with Crippen LogP contribution in [0.25, 0.3) is 0 Å². The molecule has 0 aliphatic carbocycles. The molecule has 0 bridgehead atoms. The second kappa shape index (κ2) is 5.34. The molecule has 7 heteroatoms. The third-order valence-electron chi connectivity index (χ3n) is 2.18. The van der Waals surface area contributed by atoms with E-state index >= 15 is 0 Å². The standard InChI is InChI=1S/C11H10BrNO2S3/c1-7-6-8(2-3-9(7)12)16-10-4-5-11(17-10)18(13,14)15/h2-6H,1H3,(H2,13,14,15). The molecule has 0 aliphatic rings. The lowest BCUT2D eigenvalue weighted by Gasteiger charge is -2.02. The van der Waals surface area contributed by atoms with Gasteiger partial charge in [-0.25, -0.2) is 13.6 Å². The van der Waals surface area contributed by atoms with Crippen LogP contribution in [0.15, 0.2) is 48.1 Å². The molecule has 2 N–H and O–H groups in total. The summed E-state index contributed by atoms with van der Waals surface area (Å²) < 4.78 is 24.5. The Kier molecular flexibility index (Phi) is 4.18. The summed E-state index contributed by atoms with van der Waals surface area (Å²) in [6.45, 7) is 2.01. The summed E-state index contributed by atoms with van der Waals surface area (Å²) in [7, 11) is -3.59. The number of nitrogens with two attached hydrogens (primary N) is 1. The predicted molar refractivity (Wildman–Crippen MR) is 78.7 cm³/mol. The molecular formula is C11H10BrNO2S3. The predicted octanol–water partition coefficient (Wildman–Crippen LogP) is 3.62. The molecule has 2 aromatic rings. The van der Waals surface area contributed by atoms with Gasteiger partial charge in [0.15, 0.2) is 0 Å². The van der Waals surface area contributed by atoms with Crippen molar-refractivity contribution < 1.29 is 8.42 Å². The maximum absolute atomic E-state index is 11.2. The van der Waals surface area contributed by atoms with Crippen LogP contribution in [0.1, 0.15) is 5.56 Å². The van der Waals surface area contributed by atoms with Gasteiger partial charge in [-0.15, -0.1) is 11.3 Å². The van der Waals surface area contributed by atoms with Gasteiger partial charge in [-0.1, -0.05) is 27.7 Å². The van der Waals surface area contributed by atoms with Crippen LogP contribution < -0.4 is 5.14 Å². The lowest BCUT2D eigenvalue weighted by atomic mass is 10.2. The van der Waals surface area contributed by atoms with E-state index in [9.17, 15) is 8.42 Å². The fourth-order valence-corrected chi connectivity index (χ4v) is 4.64. The minimum atomic E-state index is -3.59. The first-order valence-electron chi connectivity index (χ1n) is 4.93. The Balaban J connectivity index is 2.24. The SMILES string of the molecule is Cc1cc(Sc2ccc(S(N)(=O)=O)s2)ccc1Br. The molecule has 3 nitrogen and oxygen atoms in total. The molecule has 0 amide bonds. The van der Waals surface area contributed by atoms with E-state index in [1.54, 1.807) is 6.07 Å². The van der Waals surface area contributed by atoms with Gasteiger partial charge >= 0.3 is 0 Å². The van der Waals surface area contributed by atoms with E-state index < -0.39 is 10.0 Å². The first kappa shape index (κ1) is 14.1. The van der Waals surface area contributed by atoms with Crippen LogP contribution in [0, 0.1) is 6.92 Å².